The van der Waals surface area contributed by atoms with Crippen molar-refractivity contribution < 1.29 is 14.3 Å². The van der Waals surface area contributed by atoms with Crippen molar-refractivity contribution in [3.63, 3.8) is 0 Å². The molecule has 1 N–H and O–H groups in total. The van der Waals surface area contributed by atoms with E-state index < -0.39 is 0 Å². The molecule has 3 heterocycles. The van der Waals surface area contributed by atoms with Gasteiger partial charge in [0.1, 0.15) is 6.10 Å². The van der Waals surface area contributed by atoms with Crippen molar-refractivity contribution in [2.24, 2.45) is 5.92 Å². The van der Waals surface area contributed by atoms with Gasteiger partial charge in [-0.2, -0.15) is 0 Å². The molecule has 2 fully saturated rings. The van der Waals surface area contributed by atoms with Crippen LogP contribution in [0.5, 0.6) is 5.88 Å². The lowest BCUT2D eigenvalue weighted by Crippen LogP contribution is -2.42. The van der Waals surface area contributed by atoms with Crippen LogP contribution < -0.4 is 10.1 Å². The van der Waals surface area contributed by atoms with E-state index in [1.54, 1.807) is 20.4 Å². The normalized spacial score (nSPS) is 28.2. The Hall–Kier alpha value is -1.66. The highest BCUT2D eigenvalue weighted by Gasteiger charge is 2.41. The number of piperidine rings is 1. The van der Waals surface area contributed by atoms with Gasteiger partial charge in [-0.3, -0.25) is 9.69 Å². The van der Waals surface area contributed by atoms with Crippen molar-refractivity contribution in [3.8, 4) is 5.88 Å². The number of likely N-dealkylation sites (N-methyl/N-ethyl adjacent to an activating group) is 1. The van der Waals surface area contributed by atoms with Crippen LogP contribution in [0, 0.1) is 5.92 Å². The maximum atomic E-state index is 11.7. The van der Waals surface area contributed by atoms with Gasteiger partial charge in [-0.25, -0.2) is 4.98 Å². The second kappa shape index (κ2) is 6.62. The number of aromatic nitrogens is 1. The van der Waals surface area contributed by atoms with Crippen LogP contribution in [-0.4, -0.2) is 55.2 Å². The minimum Gasteiger partial charge on any atom is -0.481 e. The molecule has 22 heavy (non-hydrogen) atoms. The summed E-state index contributed by atoms with van der Waals surface area (Å²) in [7, 11) is 3.31. The fraction of sp³-hybridized carbons (Fsp3) is 0.625. The molecule has 2 aliphatic heterocycles. The summed E-state index contributed by atoms with van der Waals surface area (Å²) in [5.74, 6) is 1.17. The summed E-state index contributed by atoms with van der Waals surface area (Å²) in [6.07, 6.45) is 3.52. The molecule has 1 amide bonds. The van der Waals surface area contributed by atoms with Crippen molar-refractivity contribution in [1.82, 2.24) is 15.2 Å². The van der Waals surface area contributed by atoms with Crippen molar-refractivity contribution in [2.75, 3.05) is 27.2 Å². The highest BCUT2D eigenvalue weighted by molar-refractivity contribution is 5.80. The number of rotatable bonds is 4. The average Bonchev–Trinajstić information content (AvgIpc) is 2.98. The maximum absolute atomic E-state index is 11.7. The molecule has 0 saturated carbocycles. The van der Waals surface area contributed by atoms with Crippen LogP contribution in [0.25, 0.3) is 0 Å². The fourth-order valence-electron chi connectivity index (χ4n) is 3.44. The van der Waals surface area contributed by atoms with E-state index in [0.717, 1.165) is 38.0 Å². The van der Waals surface area contributed by atoms with Crippen molar-refractivity contribution in [1.29, 1.82) is 0 Å². The lowest BCUT2D eigenvalue weighted by atomic mass is 9.91. The Bertz CT molecular complexity index is 537. The summed E-state index contributed by atoms with van der Waals surface area (Å²) in [6, 6.07) is 3.97. The van der Waals surface area contributed by atoms with Gasteiger partial charge in [-0.05, 0) is 31.4 Å². The number of carbonyl (C=O) groups is 1. The summed E-state index contributed by atoms with van der Waals surface area (Å²) in [5, 5.41) is 2.68. The number of ether oxygens (including phenoxy) is 2. The van der Waals surface area contributed by atoms with Gasteiger partial charge in [0.2, 0.25) is 11.8 Å². The van der Waals surface area contributed by atoms with Crippen LogP contribution >= 0.6 is 0 Å². The van der Waals surface area contributed by atoms with Gasteiger partial charge in [0.05, 0.1) is 13.2 Å². The molecule has 0 spiro atoms. The standard InChI is InChI=1S/C16H23N3O3/c1-17-15(20)13-8-11-5-7-19(10-14(11)22-13)9-12-4-3-6-18-16(12)21-2/h3-4,6,11,13-14H,5,7-10H2,1-2H3,(H,17,20)/t11-,13+,14+/m0/s1. The number of carbonyl (C=O) groups excluding carboxylic acids is 1. The third-order valence-electron chi connectivity index (χ3n) is 4.61. The van der Waals surface area contributed by atoms with Gasteiger partial charge in [-0.15, -0.1) is 0 Å². The van der Waals surface area contributed by atoms with Crippen LogP contribution in [0.1, 0.15) is 18.4 Å². The predicted octanol–water partition coefficient (Wildman–Crippen LogP) is 0.816. The minimum atomic E-state index is -0.284. The molecule has 0 aliphatic carbocycles. The highest BCUT2D eigenvalue weighted by Crippen LogP contribution is 2.34. The van der Waals surface area contributed by atoms with Crippen molar-refractivity contribution >= 4 is 5.91 Å². The Labute approximate surface area is 130 Å². The molecule has 3 rings (SSSR count). The van der Waals surface area contributed by atoms with Crippen LogP contribution in [0.3, 0.4) is 0 Å². The molecule has 0 unspecified atom stereocenters. The molecular weight excluding hydrogens is 282 g/mol. The number of nitrogens with one attached hydrogen (secondary N) is 1. The number of nitrogens with zero attached hydrogens (tertiary/aromatic N) is 2. The van der Waals surface area contributed by atoms with Crippen LogP contribution in [0.4, 0.5) is 0 Å². The first-order chi connectivity index (χ1) is 10.7. The molecule has 0 radical (unpaired) electrons. The Morgan fingerprint density at radius 1 is 1.59 bits per heavy atom. The molecule has 0 aromatic carbocycles. The third-order valence-corrected chi connectivity index (χ3v) is 4.61. The Morgan fingerprint density at radius 3 is 3.23 bits per heavy atom. The zero-order valence-electron chi connectivity index (χ0n) is 13.1. The topological polar surface area (TPSA) is 63.7 Å². The van der Waals surface area contributed by atoms with Gasteiger partial charge in [0, 0.05) is 31.9 Å². The molecular formula is C16H23N3O3. The van der Waals surface area contributed by atoms with E-state index in [1.165, 1.54) is 0 Å². The number of amides is 1. The summed E-state index contributed by atoms with van der Waals surface area (Å²) in [5.41, 5.74) is 1.09. The van der Waals surface area contributed by atoms with E-state index in [4.69, 9.17) is 9.47 Å². The Kier molecular flexibility index (Phi) is 4.59. The molecule has 6 heteroatoms. The van der Waals surface area contributed by atoms with E-state index in [0.29, 0.717) is 11.8 Å². The largest absolute Gasteiger partial charge is 0.481 e. The van der Waals surface area contributed by atoms with Gasteiger partial charge in [-0.1, -0.05) is 6.07 Å². The smallest absolute Gasteiger partial charge is 0.248 e. The quantitative estimate of drug-likeness (QED) is 0.892. The number of fused-ring (bicyclic) bond motifs is 1. The van der Waals surface area contributed by atoms with Crippen LogP contribution in [-0.2, 0) is 16.1 Å². The highest BCUT2D eigenvalue weighted by atomic mass is 16.5. The Balaban J connectivity index is 1.61. The van der Waals surface area contributed by atoms with Crippen LogP contribution in [0.2, 0.25) is 0 Å². The van der Waals surface area contributed by atoms with Gasteiger partial charge < -0.3 is 14.8 Å². The number of pyridine rings is 1. The Morgan fingerprint density at radius 2 is 2.45 bits per heavy atom. The predicted molar refractivity (Wildman–Crippen MR) is 81.5 cm³/mol. The molecule has 3 atom stereocenters. The first kappa shape index (κ1) is 15.2. The second-order valence-electron chi connectivity index (χ2n) is 5.97. The molecule has 6 nitrogen and oxygen atoms in total. The number of methoxy groups -OCH3 is 1. The lowest BCUT2D eigenvalue weighted by molar-refractivity contribution is -0.132. The molecule has 2 saturated heterocycles. The zero-order valence-corrected chi connectivity index (χ0v) is 13.1. The fourth-order valence-corrected chi connectivity index (χ4v) is 3.44. The van der Waals surface area contributed by atoms with E-state index in [2.05, 4.69) is 15.2 Å². The van der Waals surface area contributed by atoms with Gasteiger partial charge in [0.25, 0.3) is 0 Å². The van der Waals surface area contributed by atoms with Crippen molar-refractivity contribution in [3.05, 3.63) is 23.9 Å². The number of hydrogen-bond donors (Lipinski definition) is 1. The number of likely N-dealkylation sites (tertiary alicyclic amines) is 1. The molecule has 120 valence electrons. The molecule has 2 aliphatic rings. The van der Waals surface area contributed by atoms with Crippen LogP contribution in [0.15, 0.2) is 18.3 Å². The summed E-state index contributed by atoms with van der Waals surface area (Å²) in [6.45, 7) is 2.67. The zero-order chi connectivity index (χ0) is 15.5. The average molecular weight is 305 g/mol. The van der Waals surface area contributed by atoms with E-state index in [1.807, 2.05) is 12.1 Å². The molecule has 0 bridgehead atoms. The van der Waals surface area contributed by atoms with E-state index in [-0.39, 0.29) is 18.1 Å². The van der Waals surface area contributed by atoms with Crippen molar-refractivity contribution in [2.45, 2.75) is 31.6 Å². The second-order valence-corrected chi connectivity index (χ2v) is 5.97. The molecule has 1 aromatic heterocycles. The summed E-state index contributed by atoms with van der Waals surface area (Å²) < 4.78 is 11.3. The monoisotopic (exact) mass is 305 g/mol. The lowest BCUT2D eigenvalue weighted by Gasteiger charge is -2.34. The first-order valence-corrected chi connectivity index (χ1v) is 7.78. The summed E-state index contributed by atoms with van der Waals surface area (Å²) in [4.78, 5) is 18.3. The maximum Gasteiger partial charge on any atom is 0.248 e. The SMILES string of the molecule is CNC(=O)[C@H]1C[C@@H]2CCN(Cc3cccnc3OC)C[C@H]2O1. The minimum absolute atomic E-state index is 0.00474. The van der Waals surface area contributed by atoms with E-state index in [9.17, 15) is 4.79 Å². The molecule has 1 aromatic rings. The number of hydrogen-bond acceptors (Lipinski definition) is 5. The first-order valence-electron chi connectivity index (χ1n) is 7.78. The third kappa shape index (κ3) is 3.08. The van der Waals surface area contributed by atoms with Gasteiger partial charge >= 0.3 is 0 Å². The van der Waals surface area contributed by atoms with Gasteiger partial charge in [0.15, 0.2) is 0 Å². The summed E-state index contributed by atoms with van der Waals surface area (Å²) >= 11 is 0. The van der Waals surface area contributed by atoms with E-state index >= 15 is 0 Å².